The molecule has 4 heteroatoms. The van der Waals surface area contributed by atoms with E-state index in [1.807, 2.05) is 38.1 Å². The lowest BCUT2D eigenvalue weighted by atomic mass is 9.87. The number of amides is 1. The molecular weight excluding hydrogens is 306 g/mol. The molecule has 1 unspecified atom stereocenters. The zero-order chi connectivity index (χ0) is 14.5. The van der Waals surface area contributed by atoms with E-state index in [-0.39, 0.29) is 17.4 Å². The molecule has 0 aromatic heterocycles. The first kappa shape index (κ1) is 16.2. The SMILES string of the molecule is CC(O)CC(C)(C)CNC(=O)Cc1ccc(Br)cc1. The number of halogens is 1. The van der Waals surface area contributed by atoms with E-state index in [1.54, 1.807) is 6.92 Å². The van der Waals surface area contributed by atoms with Crippen LogP contribution in [0.15, 0.2) is 28.7 Å². The molecule has 0 fully saturated rings. The van der Waals surface area contributed by atoms with Crippen molar-refractivity contribution >= 4 is 21.8 Å². The van der Waals surface area contributed by atoms with E-state index in [0.29, 0.717) is 19.4 Å². The molecule has 3 nitrogen and oxygen atoms in total. The van der Waals surface area contributed by atoms with E-state index in [2.05, 4.69) is 21.2 Å². The fourth-order valence-corrected chi connectivity index (χ4v) is 2.32. The zero-order valence-electron chi connectivity index (χ0n) is 11.7. The summed E-state index contributed by atoms with van der Waals surface area (Å²) < 4.78 is 1.01. The highest BCUT2D eigenvalue weighted by atomic mass is 79.9. The summed E-state index contributed by atoms with van der Waals surface area (Å²) in [5.41, 5.74) is 0.901. The molecule has 0 bridgehead atoms. The van der Waals surface area contributed by atoms with Crippen LogP contribution >= 0.6 is 15.9 Å². The first-order valence-corrected chi connectivity index (χ1v) is 7.27. The molecule has 0 saturated carbocycles. The van der Waals surface area contributed by atoms with Gasteiger partial charge in [-0.2, -0.15) is 0 Å². The Kier molecular flexibility index (Phi) is 6.01. The number of benzene rings is 1. The highest BCUT2D eigenvalue weighted by molar-refractivity contribution is 9.10. The third-order valence-electron chi connectivity index (χ3n) is 2.89. The monoisotopic (exact) mass is 327 g/mol. The van der Waals surface area contributed by atoms with Gasteiger partial charge in [0.15, 0.2) is 0 Å². The first-order valence-electron chi connectivity index (χ1n) is 6.48. The van der Waals surface area contributed by atoms with Gasteiger partial charge in [0.2, 0.25) is 5.91 Å². The number of aliphatic hydroxyl groups is 1. The van der Waals surface area contributed by atoms with Gasteiger partial charge in [-0.25, -0.2) is 0 Å². The molecule has 0 heterocycles. The first-order chi connectivity index (χ1) is 8.78. The highest BCUT2D eigenvalue weighted by Crippen LogP contribution is 2.21. The molecule has 0 aliphatic rings. The lowest BCUT2D eigenvalue weighted by Gasteiger charge is -2.26. The number of carbonyl (C=O) groups is 1. The second-order valence-electron chi connectivity index (χ2n) is 5.80. The molecule has 1 rings (SSSR count). The van der Waals surface area contributed by atoms with Gasteiger partial charge in [0.05, 0.1) is 12.5 Å². The van der Waals surface area contributed by atoms with Crippen molar-refractivity contribution in [2.24, 2.45) is 5.41 Å². The molecule has 106 valence electrons. The number of hydrogen-bond donors (Lipinski definition) is 2. The molecule has 2 N–H and O–H groups in total. The molecule has 0 spiro atoms. The van der Waals surface area contributed by atoms with Crippen LogP contribution in [-0.2, 0) is 11.2 Å². The normalized spacial score (nSPS) is 13.1. The van der Waals surface area contributed by atoms with Crippen molar-refractivity contribution in [2.45, 2.75) is 39.7 Å². The fourth-order valence-electron chi connectivity index (χ4n) is 2.06. The predicted molar refractivity (Wildman–Crippen MR) is 80.9 cm³/mol. The Labute approximate surface area is 123 Å². The maximum atomic E-state index is 11.8. The van der Waals surface area contributed by atoms with Crippen LogP contribution in [0.5, 0.6) is 0 Å². The van der Waals surface area contributed by atoms with Crippen LogP contribution in [0.1, 0.15) is 32.8 Å². The number of hydrogen-bond acceptors (Lipinski definition) is 2. The maximum absolute atomic E-state index is 11.8. The molecule has 1 amide bonds. The Hall–Kier alpha value is -0.870. The van der Waals surface area contributed by atoms with Gasteiger partial charge in [0, 0.05) is 11.0 Å². The molecule has 1 aromatic carbocycles. The van der Waals surface area contributed by atoms with Gasteiger partial charge in [-0.1, -0.05) is 41.9 Å². The molecule has 1 atom stereocenters. The minimum absolute atomic E-state index is 0.0148. The molecule has 1 aromatic rings. The summed E-state index contributed by atoms with van der Waals surface area (Å²) in [6.45, 7) is 6.43. The quantitative estimate of drug-likeness (QED) is 0.844. The molecule has 0 radical (unpaired) electrons. The minimum Gasteiger partial charge on any atom is -0.393 e. The molecular formula is C15H22BrNO2. The van der Waals surface area contributed by atoms with Gasteiger partial charge < -0.3 is 10.4 Å². The van der Waals surface area contributed by atoms with Crippen LogP contribution in [0, 0.1) is 5.41 Å². The van der Waals surface area contributed by atoms with Gasteiger partial charge in [0.1, 0.15) is 0 Å². The van der Waals surface area contributed by atoms with Crippen LogP contribution in [0.25, 0.3) is 0 Å². The molecule has 0 aliphatic heterocycles. The van der Waals surface area contributed by atoms with Crippen LogP contribution < -0.4 is 5.32 Å². The lowest BCUT2D eigenvalue weighted by molar-refractivity contribution is -0.121. The number of rotatable bonds is 6. The number of aliphatic hydroxyl groups excluding tert-OH is 1. The van der Waals surface area contributed by atoms with Gasteiger partial charge in [-0.05, 0) is 36.5 Å². The third-order valence-corrected chi connectivity index (χ3v) is 3.42. The standard InChI is InChI=1S/C15H22BrNO2/c1-11(18)9-15(2,3)10-17-14(19)8-12-4-6-13(16)7-5-12/h4-7,11,18H,8-10H2,1-3H3,(H,17,19). The van der Waals surface area contributed by atoms with Crippen molar-refractivity contribution in [2.75, 3.05) is 6.54 Å². The summed E-state index contributed by atoms with van der Waals surface area (Å²) in [7, 11) is 0. The molecule has 19 heavy (non-hydrogen) atoms. The van der Waals surface area contributed by atoms with E-state index >= 15 is 0 Å². The van der Waals surface area contributed by atoms with Crippen molar-refractivity contribution in [1.82, 2.24) is 5.32 Å². The Morgan fingerprint density at radius 2 is 1.95 bits per heavy atom. The second kappa shape index (κ2) is 7.06. The topological polar surface area (TPSA) is 49.3 Å². The average molecular weight is 328 g/mol. The highest BCUT2D eigenvalue weighted by Gasteiger charge is 2.21. The minimum atomic E-state index is -0.349. The predicted octanol–water partition coefficient (Wildman–Crippen LogP) is 2.90. The Morgan fingerprint density at radius 1 is 1.37 bits per heavy atom. The summed E-state index contributed by atoms with van der Waals surface area (Å²) >= 11 is 3.37. The lowest BCUT2D eigenvalue weighted by Crippen LogP contribution is -2.36. The summed E-state index contributed by atoms with van der Waals surface area (Å²) in [6, 6.07) is 7.73. The molecule has 0 saturated heterocycles. The Balaban J connectivity index is 2.41. The van der Waals surface area contributed by atoms with E-state index in [4.69, 9.17) is 0 Å². The number of nitrogens with one attached hydrogen (secondary N) is 1. The van der Waals surface area contributed by atoms with Crippen LogP contribution in [-0.4, -0.2) is 23.7 Å². The van der Waals surface area contributed by atoms with E-state index in [9.17, 15) is 9.90 Å². The van der Waals surface area contributed by atoms with Gasteiger partial charge in [0.25, 0.3) is 0 Å². The van der Waals surface area contributed by atoms with Crippen LogP contribution in [0.4, 0.5) is 0 Å². The van der Waals surface area contributed by atoms with E-state index < -0.39 is 0 Å². The Morgan fingerprint density at radius 3 is 2.47 bits per heavy atom. The van der Waals surface area contributed by atoms with Crippen LogP contribution in [0.3, 0.4) is 0 Å². The van der Waals surface area contributed by atoms with Crippen molar-refractivity contribution < 1.29 is 9.90 Å². The zero-order valence-corrected chi connectivity index (χ0v) is 13.3. The summed E-state index contributed by atoms with van der Waals surface area (Å²) in [5, 5.41) is 12.3. The van der Waals surface area contributed by atoms with Crippen molar-refractivity contribution in [3.63, 3.8) is 0 Å². The molecule has 0 aliphatic carbocycles. The third kappa shape index (κ3) is 6.73. The number of carbonyl (C=O) groups excluding carboxylic acids is 1. The average Bonchev–Trinajstić information content (AvgIpc) is 2.28. The Bertz CT molecular complexity index is 413. The van der Waals surface area contributed by atoms with Gasteiger partial charge >= 0.3 is 0 Å². The van der Waals surface area contributed by atoms with Crippen molar-refractivity contribution in [3.05, 3.63) is 34.3 Å². The van der Waals surface area contributed by atoms with E-state index in [1.165, 1.54) is 0 Å². The largest absolute Gasteiger partial charge is 0.393 e. The smallest absolute Gasteiger partial charge is 0.224 e. The van der Waals surface area contributed by atoms with E-state index in [0.717, 1.165) is 10.0 Å². The van der Waals surface area contributed by atoms with Crippen molar-refractivity contribution in [1.29, 1.82) is 0 Å². The van der Waals surface area contributed by atoms with Crippen molar-refractivity contribution in [3.8, 4) is 0 Å². The second-order valence-corrected chi connectivity index (χ2v) is 6.71. The van der Waals surface area contributed by atoms with Gasteiger partial charge in [-0.15, -0.1) is 0 Å². The maximum Gasteiger partial charge on any atom is 0.224 e. The van der Waals surface area contributed by atoms with Gasteiger partial charge in [-0.3, -0.25) is 4.79 Å². The summed E-state index contributed by atoms with van der Waals surface area (Å²) in [5.74, 6) is 0.0148. The van der Waals surface area contributed by atoms with Crippen LogP contribution in [0.2, 0.25) is 0 Å². The summed E-state index contributed by atoms with van der Waals surface area (Å²) in [6.07, 6.45) is 0.710. The summed E-state index contributed by atoms with van der Waals surface area (Å²) in [4.78, 5) is 11.8. The fraction of sp³-hybridized carbons (Fsp3) is 0.533.